The Kier molecular flexibility index (Phi) is 6.32. The number of methoxy groups -OCH3 is 1. The number of rotatable bonds is 7. The largest absolute Gasteiger partial charge is 0.383 e. The van der Waals surface area contributed by atoms with Gasteiger partial charge in [-0.05, 0) is 31.0 Å². The molecule has 2 N–H and O–H groups in total. The van der Waals surface area contributed by atoms with Gasteiger partial charge in [-0.25, -0.2) is 4.98 Å². The highest BCUT2D eigenvalue weighted by atomic mass is 16.5. The van der Waals surface area contributed by atoms with Gasteiger partial charge in [0.15, 0.2) is 0 Å². The van der Waals surface area contributed by atoms with Crippen LogP contribution in [0.3, 0.4) is 0 Å². The molecule has 1 fully saturated rings. The summed E-state index contributed by atoms with van der Waals surface area (Å²) in [5.41, 5.74) is 3.93. The van der Waals surface area contributed by atoms with Crippen molar-refractivity contribution in [3.05, 3.63) is 65.5 Å². The molecule has 2 atom stereocenters. The fourth-order valence-corrected chi connectivity index (χ4v) is 4.25. The maximum absolute atomic E-state index is 13.2. The SMILES string of the molecule is COCCN1C(=O)CC[C@@H](C(=O)NCc2nc3ccccc3[nH]2)[C@H]1c1ccc(C)cc1. The number of likely N-dealkylation sites (tertiary alicyclic amines) is 1. The number of nitrogens with zero attached hydrogens (tertiary/aromatic N) is 2. The van der Waals surface area contributed by atoms with Gasteiger partial charge in [-0.1, -0.05) is 42.0 Å². The number of carbonyl (C=O) groups is 2. The van der Waals surface area contributed by atoms with Crippen LogP contribution in [-0.4, -0.2) is 46.9 Å². The van der Waals surface area contributed by atoms with Crippen LogP contribution < -0.4 is 5.32 Å². The van der Waals surface area contributed by atoms with E-state index < -0.39 is 0 Å². The molecule has 7 nitrogen and oxygen atoms in total. The molecule has 4 rings (SSSR count). The number of amides is 2. The Balaban J connectivity index is 1.54. The molecule has 0 spiro atoms. The molecule has 1 aromatic heterocycles. The molecule has 0 saturated carbocycles. The van der Waals surface area contributed by atoms with Gasteiger partial charge in [-0.15, -0.1) is 0 Å². The van der Waals surface area contributed by atoms with E-state index >= 15 is 0 Å². The number of ether oxygens (including phenoxy) is 1. The van der Waals surface area contributed by atoms with Crippen molar-refractivity contribution >= 4 is 22.8 Å². The van der Waals surface area contributed by atoms with Crippen LogP contribution in [0, 0.1) is 12.8 Å². The number of hydrogen-bond donors (Lipinski definition) is 2. The highest BCUT2D eigenvalue weighted by Crippen LogP contribution is 2.37. The van der Waals surface area contributed by atoms with Gasteiger partial charge in [0.2, 0.25) is 11.8 Å². The van der Waals surface area contributed by atoms with E-state index in [1.807, 2.05) is 55.5 Å². The van der Waals surface area contributed by atoms with E-state index in [0.717, 1.165) is 22.2 Å². The monoisotopic (exact) mass is 420 g/mol. The maximum Gasteiger partial charge on any atom is 0.225 e. The molecule has 162 valence electrons. The molecule has 0 aliphatic carbocycles. The number of H-pyrrole nitrogens is 1. The first-order valence-electron chi connectivity index (χ1n) is 10.6. The molecular weight excluding hydrogens is 392 g/mol. The molecular formula is C24H28N4O3. The first kappa shape index (κ1) is 21.1. The van der Waals surface area contributed by atoms with Crippen LogP contribution in [0.25, 0.3) is 11.0 Å². The Morgan fingerprint density at radius 3 is 2.74 bits per heavy atom. The Morgan fingerprint density at radius 2 is 2.00 bits per heavy atom. The Bertz CT molecular complexity index is 1030. The lowest BCUT2D eigenvalue weighted by Gasteiger charge is -2.40. The van der Waals surface area contributed by atoms with Crippen molar-refractivity contribution in [2.24, 2.45) is 5.92 Å². The van der Waals surface area contributed by atoms with Crippen molar-refractivity contribution in [2.45, 2.75) is 32.4 Å². The zero-order valence-electron chi connectivity index (χ0n) is 17.9. The van der Waals surface area contributed by atoms with Gasteiger partial charge in [0.25, 0.3) is 0 Å². The first-order chi connectivity index (χ1) is 15.1. The van der Waals surface area contributed by atoms with Gasteiger partial charge in [0.05, 0.1) is 36.1 Å². The molecule has 2 amide bonds. The highest BCUT2D eigenvalue weighted by Gasteiger charge is 2.40. The summed E-state index contributed by atoms with van der Waals surface area (Å²) < 4.78 is 5.22. The second kappa shape index (κ2) is 9.31. The van der Waals surface area contributed by atoms with Crippen LogP contribution in [0.5, 0.6) is 0 Å². The fourth-order valence-electron chi connectivity index (χ4n) is 4.25. The average molecular weight is 421 g/mol. The maximum atomic E-state index is 13.2. The number of nitrogens with one attached hydrogen (secondary N) is 2. The fraction of sp³-hybridized carbons (Fsp3) is 0.375. The lowest BCUT2D eigenvalue weighted by atomic mass is 9.83. The lowest BCUT2D eigenvalue weighted by molar-refractivity contribution is -0.144. The van der Waals surface area contributed by atoms with Gasteiger partial charge in [0, 0.05) is 20.1 Å². The van der Waals surface area contributed by atoms with Gasteiger partial charge in [-0.3, -0.25) is 9.59 Å². The summed E-state index contributed by atoms with van der Waals surface area (Å²) in [5.74, 6) is 0.371. The summed E-state index contributed by atoms with van der Waals surface area (Å²) in [6.45, 7) is 3.23. The second-order valence-electron chi connectivity index (χ2n) is 8.00. The summed E-state index contributed by atoms with van der Waals surface area (Å²) in [4.78, 5) is 35.5. The number of imidazole rings is 1. The van der Waals surface area contributed by atoms with Crippen molar-refractivity contribution in [1.29, 1.82) is 0 Å². The summed E-state index contributed by atoms with van der Waals surface area (Å²) in [6.07, 6.45) is 0.877. The summed E-state index contributed by atoms with van der Waals surface area (Å²) in [6, 6.07) is 15.5. The van der Waals surface area contributed by atoms with Crippen molar-refractivity contribution in [3.63, 3.8) is 0 Å². The average Bonchev–Trinajstić information content (AvgIpc) is 3.20. The third-order valence-corrected chi connectivity index (χ3v) is 5.87. The van der Waals surface area contributed by atoms with E-state index in [-0.39, 0.29) is 23.8 Å². The molecule has 1 saturated heterocycles. The Hall–Kier alpha value is -3.19. The Morgan fingerprint density at radius 1 is 1.23 bits per heavy atom. The second-order valence-corrected chi connectivity index (χ2v) is 8.00. The number of aromatic amines is 1. The topological polar surface area (TPSA) is 87.3 Å². The quantitative estimate of drug-likeness (QED) is 0.615. The van der Waals surface area contributed by atoms with Crippen LogP contribution in [-0.2, 0) is 20.9 Å². The zero-order valence-corrected chi connectivity index (χ0v) is 17.9. The van der Waals surface area contributed by atoms with Gasteiger partial charge in [-0.2, -0.15) is 0 Å². The van der Waals surface area contributed by atoms with Gasteiger partial charge >= 0.3 is 0 Å². The van der Waals surface area contributed by atoms with Crippen molar-refractivity contribution in [2.75, 3.05) is 20.3 Å². The molecule has 7 heteroatoms. The predicted octanol–water partition coefficient (Wildman–Crippen LogP) is 3.11. The van der Waals surface area contributed by atoms with E-state index in [9.17, 15) is 9.59 Å². The first-order valence-corrected chi connectivity index (χ1v) is 10.6. The minimum absolute atomic E-state index is 0.0592. The minimum atomic E-state index is -0.332. The number of aryl methyl sites for hydroxylation is 1. The third-order valence-electron chi connectivity index (χ3n) is 5.87. The number of para-hydroxylation sites is 2. The number of carbonyl (C=O) groups excluding carboxylic acids is 2. The normalized spacial score (nSPS) is 19.0. The Labute approximate surface area is 181 Å². The molecule has 2 heterocycles. The van der Waals surface area contributed by atoms with E-state index in [2.05, 4.69) is 15.3 Å². The number of benzene rings is 2. The molecule has 31 heavy (non-hydrogen) atoms. The molecule has 3 aromatic rings. The van der Waals surface area contributed by atoms with Crippen molar-refractivity contribution in [3.8, 4) is 0 Å². The van der Waals surface area contributed by atoms with Crippen molar-refractivity contribution in [1.82, 2.24) is 20.2 Å². The lowest BCUT2D eigenvalue weighted by Crippen LogP contribution is -2.49. The third kappa shape index (κ3) is 4.61. The molecule has 2 aromatic carbocycles. The molecule has 1 aliphatic rings. The standard InChI is InChI=1S/C24H28N4O3/c1-16-7-9-17(10-8-16)23-18(11-12-22(29)28(23)13-14-31-2)24(30)25-15-21-26-19-5-3-4-6-20(19)27-21/h3-10,18,23H,11-15H2,1-2H3,(H,25,30)(H,26,27)/t18-,23-/m1/s1. The van der Waals surface area contributed by atoms with Gasteiger partial charge in [0.1, 0.15) is 5.82 Å². The summed E-state index contributed by atoms with van der Waals surface area (Å²) in [7, 11) is 1.62. The number of hydrogen-bond acceptors (Lipinski definition) is 4. The van der Waals surface area contributed by atoms with Crippen LogP contribution in [0.4, 0.5) is 0 Å². The molecule has 0 bridgehead atoms. The zero-order chi connectivity index (χ0) is 21.8. The highest BCUT2D eigenvalue weighted by molar-refractivity contribution is 5.85. The number of aromatic nitrogens is 2. The smallest absolute Gasteiger partial charge is 0.225 e. The van der Waals surface area contributed by atoms with Gasteiger partial charge < -0.3 is 19.9 Å². The number of fused-ring (bicyclic) bond motifs is 1. The van der Waals surface area contributed by atoms with Crippen molar-refractivity contribution < 1.29 is 14.3 Å². The molecule has 1 aliphatic heterocycles. The van der Waals surface area contributed by atoms with Crippen LogP contribution in [0.15, 0.2) is 48.5 Å². The van der Waals surface area contributed by atoms with E-state index in [0.29, 0.717) is 38.4 Å². The van der Waals surface area contributed by atoms with E-state index in [1.165, 1.54) is 0 Å². The van der Waals surface area contributed by atoms with Crippen LogP contribution in [0.2, 0.25) is 0 Å². The summed E-state index contributed by atoms with van der Waals surface area (Å²) in [5, 5.41) is 3.03. The van der Waals surface area contributed by atoms with E-state index in [1.54, 1.807) is 12.0 Å². The van der Waals surface area contributed by atoms with E-state index in [4.69, 9.17) is 4.74 Å². The number of piperidine rings is 1. The van der Waals surface area contributed by atoms with Crippen LogP contribution in [0.1, 0.15) is 35.8 Å². The predicted molar refractivity (Wildman–Crippen MR) is 118 cm³/mol. The minimum Gasteiger partial charge on any atom is -0.383 e. The molecule has 0 unspecified atom stereocenters. The summed E-state index contributed by atoms with van der Waals surface area (Å²) >= 11 is 0. The van der Waals surface area contributed by atoms with Crippen LogP contribution >= 0.6 is 0 Å². The molecule has 0 radical (unpaired) electrons.